The van der Waals surface area contributed by atoms with E-state index >= 15 is 4.39 Å². The van der Waals surface area contributed by atoms with Crippen molar-refractivity contribution in [2.24, 2.45) is 17.6 Å². The van der Waals surface area contributed by atoms with Gasteiger partial charge in [0.2, 0.25) is 11.8 Å². The van der Waals surface area contributed by atoms with Crippen LogP contribution in [0.1, 0.15) is 57.6 Å². The highest BCUT2D eigenvalue weighted by Gasteiger charge is 2.55. The van der Waals surface area contributed by atoms with Crippen LogP contribution in [0.15, 0.2) is 61.7 Å². The van der Waals surface area contributed by atoms with Crippen LogP contribution in [0.25, 0.3) is 22.3 Å². The number of Topliss-reactive ketones (excluding diaryl/α,β-unsaturated/α-hetero) is 1. The van der Waals surface area contributed by atoms with Crippen molar-refractivity contribution in [1.29, 1.82) is 0 Å². The first-order valence-corrected chi connectivity index (χ1v) is 33.2. The number of nitrogens with two attached hydrogens (primary N) is 3. The number of imide groups is 1. The Hall–Kier alpha value is -7.90. The number of nitrogen functional groups attached to an aromatic ring is 2. The van der Waals surface area contributed by atoms with Crippen LogP contribution in [0.5, 0.6) is 0 Å². The second-order valence-electron chi connectivity index (χ2n) is 21.3. The van der Waals surface area contributed by atoms with E-state index in [1.54, 1.807) is 26.0 Å². The summed E-state index contributed by atoms with van der Waals surface area (Å²) in [4.78, 5) is 141. The third-order valence-corrected chi connectivity index (χ3v) is 17.8. The minimum atomic E-state index is -4.60. The molecule has 4 aliphatic rings. The van der Waals surface area contributed by atoms with E-state index in [-0.39, 0.29) is 85.9 Å². The minimum absolute atomic E-state index is 0.0000692. The molecule has 0 bridgehead atoms. The molecule has 1 aromatic carbocycles. The van der Waals surface area contributed by atoms with Gasteiger partial charge in [0, 0.05) is 56.7 Å². The van der Waals surface area contributed by atoms with Crippen LogP contribution in [0.4, 0.5) is 36.1 Å². The molecule has 0 spiro atoms. The zero-order valence-corrected chi connectivity index (χ0v) is 52.0. The van der Waals surface area contributed by atoms with E-state index in [0.717, 1.165) is 34.6 Å². The van der Waals surface area contributed by atoms with Gasteiger partial charge in [0.05, 0.1) is 38.5 Å². The Balaban J connectivity index is 0.797. The van der Waals surface area contributed by atoms with Crippen molar-refractivity contribution in [3.63, 3.8) is 0 Å². The number of hydrogen-bond acceptors (Lipinski definition) is 27. The molecule has 4 aromatic heterocycles. The Morgan fingerprint density at radius 3 is 2.13 bits per heavy atom. The molecule has 35 nitrogen and oxygen atoms in total. The summed E-state index contributed by atoms with van der Waals surface area (Å²) < 4.78 is 84.9. The first kappa shape index (κ1) is 67.5. The normalized spacial score (nSPS) is 25.6. The maximum atomic E-state index is 16.5. The van der Waals surface area contributed by atoms with E-state index in [1.165, 1.54) is 41.0 Å². The number of imidazole rings is 2. The molecule has 91 heavy (non-hydrogen) atoms. The zero-order valence-electron chi connectivity index (χ0n) is 48.5. The van der Waals surface area contributed by atoms with Crippen LogP contribution in [-0.2, 0) is 88.7 Å². The van der Waals surface area contributed by atoms with Crippen molar-refractivity contribution in [2.45, 2.75) is 101 Å². The van der Waals surface area contributed by atoms with Crippen LogP contribution >= 0.6 is 25.8 Å². The Labute approximate surface area is 525 Å². The summed E-state index contributed by atoms with van der Waals surface area (Å²) in [5.41, 5.74) is 18.4. The Morgan fingerprint density at radius 1 is 0.879 bits per heavy atom. The van der Waals surface area contributed by atoms with Gasteiger partial charge < -0.3 is 71.2 Å². The third-order valence-electron chi connectivity index (χ3n) is 14.6. The van der Waals surface area contributed by atoms with Gasteiger partial charge in [-0.3, -0.25) is 51.6 Å². The molecule has 0 saturated carbocycles. The van der Waals surface area contributed by atoms with E-state index in [9.17, 15) is 47.8 Å². The quantitative estimate of drug-likeness (QED) is 0.0162. The fourth-order valence-electron chi connectivity index (χ4n) is 9.98. The molecule has 2 unspecified atom stereocenters. The first-order valence-electron chi connectivity index (χ1n) is 27.9. The summed E-state index contributed by atoms with van der Waals surface area (Å²) in [7, 11) is 1.36. The molecule has 9 rings (SSSR count). The van der Waals surface area contributed by atoms with Crippen LogP contribution in [-0.4, -0.2) is 191 Å². The number of hydrogen-bond donors (Lipinski definition) is 8. The third kappa shape index (κ3) is 16.6. The van der Waals surface area contributed by atoms with E-state index in [4.69, 9.17) is 70.8 Å². The number of alkyl halides is 1. The molecular weight excluding hydrogens is 1290 g/mol. The van der Waals surface area contributed by atoms with Gasteiger partial charge in [-0.1, -0.05) is 38.2 Å². The number of nitrogens with one attached hydrogen (secondary N) is 3. The molecule has 4 aliphatic heterocycles. The van der Waals surface area contributed by atoms with Crippen LogP contribution < -0.4 is 33.2 Å². The lowest BCUT2D eigenvalue weighted by Gasteiger charge is -2.30. The van der Waals surface area contributed by atoms with Crippen molar-refractivity contribution >= 4 is 125 Å². The number of anilines is 3. The van der Waals surface area contributed by atoms with Gasteiger partial charge in [0.1, 0.15) is 61.3 Å². The van der Waals surface area contributed by atoms with Crippen LogP contribution in [0.3, 0.4) is 0 Å². The Morgan fingerprint density at radius 2 is 1.49 bits per heavy atom. The summed E-state index contributed by atoms with van der Waals surface area (Å²) >= 11 is 9.56. The second kappa shape index (κ2) is 29.2. The number of likely N-dealkylation sites (N-methyl/N-ethyl adjacent to an activating group) is 1. The molecule has 7 amide bonds. The molecule has 8 heterocycles. The summed E-state index contributed by atoms with van der Waals surface area (Å²) in [6, 6.07) is 4.42. The van der Waals surface area contributed by atoms with Crippen molar-refractivity contribution in [1.82, 2.24) is 59.5 Å². The number of nitrogens with zero attached hydrogens (tertiary/aromatic N) is 10. The summed E-state index contributed by atoms with van der Waals surface area (Å²) in [5, 5.41) is 7.88. The number of ether oxygens (including phenoxy) is 5. The van der Waals surface area contributed by atoms with Crippen molar-refractivity contribution in [2.75, 3.05) is 63.3 Å². The highest BCUT2D eigenvalue weighted by atomic mass is 32.7. The molecule has 490 valence electrons. The topological polar surface area (TPSA) is 465 Å². The van der Waals surface area contributed by atoms with Gasteiger partial charge in [-0.2, -0.15) is 0 Å². The van der Waals surface area contributed by atoms with Gasteiger partial charge in [-0.15, -0.1) is 0 Å². The smallest absolute Gasteiger partial charge is 0.445 e. The summed E-state index contributed by atoms with van der Waals surface area (Å²) in [5.74, 6) is -4.05. The number of thiol groups is 1. The van der Waals surface area contributed by atoms with Crippen LogP contribution in [0.2, 0.25) is 0 Å². The molecule has 12 atom stereocenters. The summed E-state index contributed by atoms with van der Waals surface area (Å²) in [6.45, 7) is -8.24. The number of halogens is 1. The molecule has 3 saturated heterocycles. The molecule has 3 fully saturated rings. The average Bonchev–Trinajstić information content (AvgIpc) is 2.26. The summed E-state index contributed by atoms with van der Waals surface area (Å²) in [6.07, 6.45) is -8.58. The Bertz CT molecular complexity index is 3690. The number of rotatable bonds is 22. The predicted molar refractivity (Wildman–Crippen MR) is 318 cm³/mol. The van der Waals surface area contributed by atoms with Gasteiger partial charge in [-0.05, 0) is 48.3 Å². The largest absolute Gasteiger partial charge is 0.508 e. The molecular formula is C51H63FN16O19P2S2. The molecule has 5 aromatic rings. The first-order chi connectivity index (χ1) is 43.3. The fraction of sp³-hybridized carbons (Fsp3) is 0.490. The number of carbonyl (C=O) groups is 8. The minimum Gasteiger partial charge on any atom is -0.445 e. The highest BCUT2D eigenvalue weighted by molar-refractivity contribution is 8.44. The van der Waals surface area contributed by atoms with Gasteiger partial charge >= 0.3 is 31.8 Å². The number of ketones is 1. The van der Waals surface area contributed by atoms with Crippen molar-refractivity contribution in [3.05, 3.63) is 67.3 Å². The molecule has 0 radical (unpaired) electrons. The number of benzene rings is 1. The maximum Gasteiger partial charge on any atom is 0.508 e. The number of fused-ring (bicyclic) bond motifs is 4. The van der Waals surface area contributed by atoms with Gasteiger partial charge in [0.15, 0.2) is 53.4 Å². The maximum absolute atomic E-state index is 16.5. The van der Waals surface area contributed by atoms with Crippen molar-refractivity contribution < 1.29 is 94.0 Å². The number of urea groups is 1. The number of primary amides is 1. The number of amides is 7. The predicted octanol–water partition coefficient (Wildman–Crippen LogP) is 2.24. The van der Waals surface area contributed by atoms with Gasteiger partial charge in [0.25, 0.3) is 11.8 Å². The fourth-order valence-corrected chi connectivity index (χ4v) is 12.9. The Kier molecular flexibility index (Phi) is 21.6. The van der Waals surface area contributed by atoms with E-state index in [0.29, 0.717) is 11.3 Å². The monoisotopic (exact) mass is 1350 g/mol. The lowest BCUT2D eigenvalue weighted by atomic mass is 9.89. The zero-order chi connectivity index (χ0) is 65.5. The standard InChI is InChI=1S/C51H63FN16O19P2S2/c1-25(2)36(64-32(70)12-14-66-33(71)10-11-34(66)72)29(69)17-27(5-4-13-56-49(55)74)46(73)63-28-8-6-26(7-9-28)18-80-50(75)65(3)15-16-79-51(76)85-41-40-31(84-48(41)68-24-62-38-43(54)58-22-60-45(38)68)20-82-88(77,90)86-39-30(19-81-89(78,91)87-40)83-47(35(39)52)67-23-61-37-42(53)57-21-59-44(37)67/h6-11,21-25,27,30-31,35-36,39-41,47-48H,4-5,12-20H2,1-3H3,(H,63,73)(H,64,70)(H,77,90)(H,78,91)(H2,53,57,59)(H2,54,58,60)(H3,55,56,74)/t27-,30-,31-,35-,36+,39-,40-,41-,47-,48-,88?,89?/m1/s1. The average molecular weight is 1350 g/mol. The number of carbonyl (C=O) groups excluding carboxylic acids is 8. The second-order valence-corrected chi connectivity index (χ2v) is 26.9. The van der Waals surface area contributed by atoms with E-state index in [2.05, 4.69) is 58.1 Å². The lowest BCUT2D eigenvalue weighted by Crippen LogP contribution is -2.46. The molecule has 0 aliphatic carbocycles. The van der Waals surface area contributed by atoms with E-state index in [1.807, 2.05) is 0 Å². The molecule has 40 heteroatoms. The SMILES string of the molecule is CC(C)[C@H](NC(=O)CCN1C(=O)C=CC1=O)C(=O)C[C@@H](CCCNC(N)=O)C(=O)Nc1ccc(COC(=O)N(C)CCOC(=O)O[C@@H]2[C@@H]3OP(O)(=S)OC[C@H]4O[C@@H](n5cnc6c(N)ncnc65)[C@H](F)[C@@H]4OP(=O)(S)OC[C@H]3O[C@H]2n2cnc3c(N)ncnc32)cc1. The lowest BCUT2D eigenvalue weighted by molar-refractivity contribution is -0.137. The van der Waals surface area contributed by atoms with Gasteiger partial charge in [-0.25, -0.2) is 53.2 Å². The van der Waals surface area contributed by atoms with Crippen LogP contribution in [0, 0.1) is 11.8 Å². The van der Waals surface area contributed by atoms with Crippen molar-refractivity contribution in [3.8, 4) is 0 Å². The number of aromatic nitrogens is 8. The molecule has 10 N–H and O–H groups in total. The van der Waals surface area contributed by atoms with E-state index < -0.39 is 148 Å². The highest BCUT2D eigenvalue weighted by Crippen LogP contribution is 2.59.